The van der Waals surface area contributed by atoms with E-state index in [1.807, 2.05) is 38.1 Å². The summed E-state index contributed by atoms with van der Waals surface area (Å²) in [7, 11) is -0.776. The molecular formula is C25H23N3O4S. The molecule has 0 bridgehead atoms. The second kappa shape index (κ2) is 7.67. The minimum atomic E-state index is -3.93. The van der Waals surface area contributed by atoms with Gasteiger partial charge in [-0.3, -0.25) is 0 Å². The van der Waals surface area contributed by atoms with E-state index in [2.05, 4.69) is 9.97 Å². The fraction of sp³-hybridized carbons (Fsp3) is 0.160. The Morgan fingerprint density at radius 2 is 1.61 bits per heavy atom. The maximum Gasteiger partial charge on any atom is 0.269 e. The summed E-state index contributed by atoms with van der Waals surface area (Å²) in [5, 5.41) is 1.59. The maximum absolute atomic E-state index is 13.9. The lowest BCUT2D eigenvalue weighted by molar-refractivity contribution is 0.356. The van der Waals surface area contributed by atoms with Crippen LogP contribution in [0, 0.1) is 13.8 Å². The molecule has 0 atom stereocenters. The monoisotopic (exact) mass is 461 g/mol. The first-order valence-electron chi connectivity index (χ1n) is 10.4. The molecule has 0 saturated heterocycles. The molecule has 0 aliphatic carbocycles. The van der Waals surface area contributed by atoms with Crippen molar-refractivity contribution in [2.75, 3.05) is 14.2 Å². The van der Waals surface area contributed by atoms with Crippen LogP contribution >= 0.6 is 0 Å². The van der Waals surface area contributed by atoms with E-state index < -0.39 is 10.0 Å². The highest BCUT2D eigenvalue weighted by atomic mass is 32.2. The molecule has 0 unspecified atom stereocenters. The molecule has 0 aliphatic rings. The summed E-state index contributed by atoms with van der Waals surface area (Å²) in [4.78, 5) is 7.89. The zero-order valence-corrected chi connectivity index (χ0v) is 19.5. The maximum atomic E-state index is 13.9. The molecule has 0 radical (unpaired) electrons. The number of pyridine rings is 1. The van der Waals surface area contributed by atoms with Crippen LogP contribution < -0.4 is 9.47 Å². The van der Waals surface area contributed by atoms with Crippen LogP contribution in [0.1, 0.15) is 11.1 Å². The highest BCUT2D eigenvalue weighted by Crippen LogP contribution is 2.40. The fourth-order valence-corrected chi connectivity index (χ4v) is 5.59. The van der Waals surface area contributed by atoms with Crippen LogP contribution in [0.4, 0.5) is 0 Å². The van der Waals surface area contributed by atoms with Gasteiger partial charge in [-0.1, -0.05) is 17.7 Å². The van der Waals surface area contributed by atoms with Crippen molar-refractivity contribution in [3.05, 3.63) is 72.1 Å². The lowest BCUT2D eigenvalue weighted by Crippen LogP contribution is -2.14. The molecule has 5 aromatic rings. The number of aryl methyl sites for hydroxylation is 2. The van der Waals surface area contributed by atoms with Crippen LogP contribution in [0.15, 0.2) is 65.8 Å². The van der Waals surface area contributed by atoms with Gasteiger partial charge in [0.1, 0.15) is 0 Å². The summed E-state index contributed by atoms with van der Waals surface area (Å²) in [6, 6.07) is 14.3. The number of nitrogens with zero attached hydrogens (tertiary/aromatic N) is 2. The predicted molar refractivity (Wildman–Crippen MR) is 129 cm³/mol. The number of rotatable bonds is 5. The molecule has 5 rings (SSSR count). The van der Waals surface area contributed by atoms with Crippen molar-refractivity contribution in [2.45, 2.75) is 18.7 Å². The molecule has 168 valence electrons. The summed E-state index contributed by atoms with van der Waals surface area (Å²) in [5.41, 5.74) is 4.36. The molecule has 33 heavy (non-hydrogen) atoms. The van der Waals surface area contributed by atoms with Gasteiger partial charge in [-0.05, 0) is 49.7 Å². The number of hydrogen-bond acceptors (Lipinski definition) is 5. The standard InChI is InChI=1S/C25H23N3O4S/c1-15-5-7-17(8-6-15)33(29,30)28-22(11-18-16(2)9-10-26-25(18)28)20-14-27-21-13-24(32-4)23(31-3)12-19(20)21/h5-14,27H,1-4H3. The first-order chi connectivity index (χ1) is 15.8. The molecule has 2 aromatic carbocycles. The minimum Gasteiger partial charge on any atom is -0.493 e. The van der Waals surface area contributed by atoms with Crippen molar-refractivity contribution in [3.8, 4) is 22.8 Å². The number of H-pyrrole nitrogens is 1. The molecular weight excluding hydrogens is 438 g/mol. The SMILES string of the molecule is COc1cc2[nH]cc(-c3cc4c(C)ccnc4n3S(=O)(=O)c3ccc(C)cc3)c2cc1OC. The number of nitrogens with one attached hydrogen (secondary N) is 1. The third kappa shape index (κ3) is 3.25. The molecule has 3 aromatic heterocycles. The molecule has 0 fully saturated rings. The Hall–Kier alpha value is -3.78. The van der Waals surface area contributed by atoms with Gasteiger partial charge >= 0.3 is 0 Å². The zero-order valence-electron chi connectivity index (χ0n) is 18.7. The third-order valence-electron chi connectivity index (χ3n) is 5.90. The van der Waals surface area contributed by atoms with E-state index in [1.54, 1.807) is 50.9 Å². The number of hydrogen-bond donors (Lipinski definition) is 1. The second-order valence-corrected chi connectivity index (χ2v) is 9.72. The van der Waals surface area contributed by atoms with Gasteiger partial charge in [0.05, 0.1) is 30.3 Å². The largest absolute Gasteiger partial charge is 0.493 e. The molecule has 1 N–H and O–H groups in total. The molecule has 0 saturated carbocycles. The van der Waals surface area contributed by atoms with Crippen LogP contribution in [-0.2, 0) is 10.0 Å². The lowest BCUT2D eigenvalue weighted by atomic mass is 10.1. The number of ether oxygens (including phenoxy) is 2. The van der Waals surface area contributed by atoms with Gasteiger partial charge in [0.15, 0.2) is 17.1 Å². The Morgan fingerprint density at radius 1 is 0.909 bits per heavy atom. The van der Waals surface area contributed by atoms with Gasteiger partial charge in [0.2, 0.25) is 0 Å². The first-order valence-corrected chi connectivity index (χ1v) is 11.8. The van der Waals surface area contributed by atoms with E-state index in [1.165, 1.54) is 3.97 Å². The van der Waals surface area contributed by atoms with Gasteiger partial charge in [0, 0.05) is 34.8 Å². The molecule has 0 amide bonds. The summed E-state index contributed by atoms with van der Waals surface area (Å²) in [5.74, 6) is 1.15. The van der Waals surface area contributed by atoms with E-state index in [0.29, 0.717) is 22.8 Å². The van der Waals surface area contributed by atoms with Crippen LogP contribution in [0.25, 0.3) is 33.2 Å². The van der Waals surface area contributed by atoms with Gasteiger partial charge in [-0.2, -0.15) is 0 Å². The number of benzene rings is 2. The second-order valence-electron chi connectivity index (χ2n) is 7.93. The van der Waals surface area contributed by atoms with Crippen LogP contribution in [0.2, 0.25) is 0 Å². The number of fused-ring (bicyclic) bond motifs is 2. The molecule has 0 aliphatic heterocycles. The molecule has 8 heteroatoms. The van der Waals surface area contributed by atoms with Crippen molar-refractivity contribution in [1.29, 1.82) is 0 Å². The Kier molecular flexibility index (Phi) is 4.90. The van der Waals surface area contributed by atoms with Gasteiger partial charge < -0.3 is 14.5 Å². The van der Waals surface area contributed by atoms with E-state index >= 15 is 0 Å². The number of methoxy groups -OCH3 is 2. The van der Waals surface area contributed by atoms with Crippen molar-refractivity contribution in [1.82, 2.24) is 13.9 Å². The van der Waals surface area contributed by atoms with E-state index in [9.17, 15) is 8.42 Å². The van der Waals surface area contributed by atoms with Gasteiger partial charge in [-0.15, -0.1) is 0 Å². The summed E-state index contributed by atoms with van der Waals surface area (Å²) in [6.45, 7) is 3.87. The zero-order chi connectivity index (χ0) is 23.3. The average Bonchev–Trinajstić information content (AvgIpc) is 3.40. The molecule has 3 heterocycles. The van der Waals surface area contributed by atoms with Crippen LogP contribution in [-0.4, -0.2) is 36.6 Å². The molecule has 0 spiro atoms. The Balaban J connectivity index is 1.85. The van der Waals surface area contributed by atoms with Crippen LogP contribution in [0.5, 0.6) is 11.5 Å². The first kappa shape index (κ1) is 21.1. The summed E-state index contributed by atoms with van der Waals surface area (Å²) < 4.78 is 40.0. The van der Waals surface area contributed by atoms with Crippen molar-refractivity contribution in [2.24, 2.45) is 0 Å². The van der Waals surface area contributed by atoms with Gasteiger partial charge in [0.25, 0.3) is 10.0 Å². The van der Waals surface area contributed by atoms with Crippen molar-refractivity contribution in [3.63, 3.8) is 0 Å². The lowest BCUT2D eigenvalue weighted by Gasteiger charge is -2.12. The third-order valence-corrected chi connectivity index (χ3v) is 7.62. The minimum absolute atomic E-state index is 0.203. The Morgan fingerprint density at radius 3 is 2.30 bits per heavy atom. The quantitative estimate of drug-likeness (QED) is 0.396. The van der Waals surface area contributed by atoms with Crippen LogP contribution in [0.3, 0.4) is 0 Å². The van der Waals surface area contributed by atoms with Crippen molar-refractivity contribution < 1.29 is 17.9 Å². The van der Waals surface area contributed by atoms with E-state index in [4.69, 9.17) is 9.47 Å². The Bertz CT molecular complexity index is 1610. The summed E-state index contributed by atoms with van der Waals surface area (Å²) >= 11 is 0. The summed E-state index contributed by atoms with van der Waals surface area (Å²) in [6.07, 6.45) is 3.43. The van der Waals surface area contributed by atoms with E-state index in [0.717, 1.165) is 33.0 Å². The molecule has 7 nitrogen and oxygen atoms in total. The Labute approximate surface area is 191 Å². The van der Waals surface area contributed by atoms with E-state index in [-0.39, 0.29) is 4.90 Å². The predicted octanol–water partition coefficient (Wildman–Crippen LogP) is 5.06. The highest BCUT2D eigenvalue weighted by Gasteiger charge is 2.27. The average molecular weight is 462 g/mol. The smallest absolute Gasteiger partial charge is 0.269 e. The van der Waals surface area contributed by atoms with Crippen molar-refractivity contribution >= 4 is 32.0 Å². The van der Waals surface area contributed by atoms with Gasteiger partial charge in [-0.25, -0.2) is 17.4 Å². The number of aromatic amines is 1. The fourth-order valence-electron chi connectivity index (χ4n) is 4.11. The highest BCUT2D eigenvalue weighted by molar-refractivity contribution is 7.90. The number of aromatic nitrogens is 3. The normalized spacial score (nSPS) is 11.9. The topological polar surface area (TPSA) is 86.2 Å².